The Morgan fingerprint density at radius 3 is 2.08 bits per heavy atom. The fourth-order valence-corrected chi connectivity index (χ4v) is 1.90. The van der Waals surface area contributed by atoms with Crippen molar-refractivity contribution >= 4 is 17.9 Å². The fraction of sp³-hybridized carbons (Fsp3) is 0.824. The number of oxime groups is 1. The molecule has 0 aliphatic heterocycles. The third-order valence-electron chi connectivity index (χ3n) is 3.01. The summed E-state index contributed by atoms with van der Waals surface area (Å²) >= 11 is 0. The van der Waals surface area contributed by atoms with Gasteiger partial charge in [0.25, 0.3) is 0 Å². The van der Waals surface area contributed by atoms with Gasteiger partial charge in [0.1, 0.15) is 17.2 Å². The molecule has 1 unspecified atom stereocenters. The number of ether oxygens (including phenoxy) is 2. The molecule has 0 aromatic rings. The molecule has 1 atom stereocenters. The van der Waals surface area contributed by atoms with Crippen LogP contribution in [0.3, 0.4) is 0 Å². The van der Waals surface area contributed by atoms with Gasteiger partial charge in [0.15, 0.2) is 5.84 Å². The Morgan fingerprint density at radius 2 is 1.62 bits per heavy atom. The second-order valence-corrected chi connectivity index (χ2v) is 8.00. The highest BCUT2D eigenvalue weighted by Gasteiger charge is 2.28. The monoisotopic (exact) mass is 375 g/mol. The quantitative estimate of drug-likeness (QED) is 0.156. The minimum Gasteiger partial charge on any atom is -0.458 e. The Bertz CT molecular complexity index is 494. The van der Waals surface area contributed by atoms with Crippen LogP contribution in [0.2, 0.25) is 0 Å². The molecular formula is C17H33N3O6. The van der Waals surface area contributed by atoms with Crippen LogP contribution in [-0.4, -0.2) is 57.2 Å². The number of carbonyl (C=O) groups is 2. The predicted molar refractivity (Wildman–Crippen MR) is 96.2 cm³/mol. The molecule has 0 aliphatic rings. The van der Waals surface area contributed by atoms with Gasteiger partial charge in [-0.05, 0) is 67.7 Å². The summed E-state index contributed by atoms with van der Waals surface area (Å²) < 4.78 is 10.5. The molecular weight excluding hydrogens is 342 g/mol. The second-order valence-electron chi connectivity index (χ2n) is 8.00. The number of esters is 1. The first-order valence-corrected chi connectivity index (χ1v) is 8.62. The fourth-order valence-electron chi connectivity index (χ4n) is 1.90. The molecule has 3 N–H and O–H groups in total. The summed E-state index contributed by atoms with van der Waals surface area (Å²) in [6.07, 6.45) is 0.659. The lowest BCUT2D eigenvalue weighted by Gasteiger charge is -2.26. The Hall–Kier alpha value is -2.03. The predicted octanol–water partition coefficient (Wildman–Crippen LogP) is 2.89. The number of nitrogens with one attached hydrogen (secondary N) is 1. The van der Waals surface area contributed by atoms with Gasteiger partial charge in [-0.15, -0.1) is 0 Å². The summed E-state index contributed by atoms with van der Waals surface area (Å²) in [5.41, 5.74) is -1.36. The molecule has 0 aromatic heterocycles. The maximum atomic E-state index is 12.3. The molecule has 1 amide bonds. The number of carbonyl (C=O) groups excluding carboxylic acids is 2. The zero-order chi connectivity index (χ0) is 20.5. The van der Waals surface area contributed by atoms with Crippen LogP contribution in [0.5, 0.6) is 0 Å². The second kappa shape index (κ2) is 10.2. The minimum absolute atomic E-state index is 0.0700. The third kappa shape index (κ3) is 11.5. The van der Waals surface area contributed by atoms with Crippen molar-refractivity contribution in [3.05, 3.63) is 0 Å². The number of hydroxylamine groups is 2. The van der Waals surface area contributed by atoms with E-state index >= 15 is 0 Å². The molecule has 0 bridgehead atoms. The Morgan fingerprint density at radius 1 is 1.08 bits per heavy atom. The van der Waals surface area contributed by atoms with Crippen molar-refractivity contribution in [1.82, 2.24) is 10.4 Å². The lowest BCUT2D eigenvalue weighted by atomic mass is 10.1. The molecule has 0 aromatic carbocycles. The van der Waals surface area contributed by atoms with Crippen LogP contribution in [0.4, 0.5) is 4.79 Å². The third-order valence-corrected chi connectivity index (χ3v) is 3.01. The molecule has 152 valence electrons. The molecule has 0 radical (unpaired) electrons. The highest BCUT2D eigenvalue weighted by Crippen LogP contribution is 2.13. The standard InChI is InChI=1S/C17H33N3O6/c1-12(19-23)20(24)11-9-8-10-13(14(21)25-16(2,3)4)18-15(22)26-17(5,6)7/h13,23-24H,8-11H2,1-7H3,(H,18,22). The highest BCUT2D eigenvalue weighted by atomic mass is 16.6. The summed E-state index contributed by atoms with van der Waals surface area (Å²) in [6.45, 7) is 12.1. The average molecular weight is 375 g/mol. The van der Waals surface area contributed by atoms with Crippen molar-refractivity contribution in [2.45, 2.75) is 85.0 Å². The number of hydrogen-bond acceptors (Lipinski definition) is 7. The van der Waals surface area contributed by atoms with E-state index in [0.717, 1.165) is 5.06 Å². The van der Waals surface area contributed by atoms with Crippen LogP contribution in [0, 0.1) is 0 Å². The molecule has 0 aliphatic carbocycles. The molecule has 0 spiro atoms. The van der Waals surface area contributed by atoms with Gasteiger partial charge in [-0.3, -0.25) is 5.21 Å². The molecule has 9 nitrogen and oxygen atoms in total. The van der Waals surface area contributed by atoms with Gasteiger partial charge in [0.2, 0.25) is 0 Å². The first kappa shape index (κ1) is 24.0. The van der Waals surface area contributed by atoms with Gasteiger partial charge in [0.05, 0.1) is 0 Å². The first-order valence-electron chi connectivity index (χ1n) is 8.62. The van der Waals surface area contributed by atoms with Gasteiger partial charge >= 0.3 is 12.1 Å². The molecule has 0 saturated carbocycles. The van der Waals surface area contributed by atoms with Crippen LogP contribution < -0.4 is 5.32 Å². The van der Waals surface area contributed by atoms with E-state index in [4.69, 9.17) is 14.7 Å². The topological polar surface area (TPSA) is 121 Å². The van der Waals surface area contributed by atoms with Crippen LogP contribution in [0.15, 0.2) is 5.16 Å². The Balaban J connectivity index is 4.73. The zero-order valence-corrected chi connectivity index (χ0v) is 16.8. The average Bonchev–Trinajstić information content (AvgIpc) is 2.45. The van der Waals surface area contributed by atoms with Gasteiger partial charge in [-0.2, -0.15) is 0 Å². The molecule has 0 fully saturated rings. The summed E-state index contributed by atoms with van der Waals surface area (Å²) in [6, 6.07) is -0.858. The van der Waals surface area contributed by atoms with Crippen molar-refractivity contribution in [2.24, 2.45) is 5.16 Å². The molecule has 0 saturated heterocycles. The van der Waals surface area contributed by atoms with E-state index in [-0.39, 0.29) is 12.4 Å². The minimum atomic E-state index is -0.858. The van der Waals surface area contributed by atoms with E-state index < -0.39 is 29.3 Å². The van der Waals surface area contributed by atoms with Crippen LogP contribution >= 0.6 is 0 Å². The van der Waals surface area contributed by atoms with Crippen molar-refractivity contribution in [3.63, 3.8) is 0 Å². The number of hydrogen-bond donors (Lipinski definition) is 3. The van der Waals surface area contributed by atoms with E-state index in [1.807, 2.05) is 0 Å². The Labute approximate surface area is 155 Å². The van der Waals surface area contributed by atoms with Crippen molar-refractivity contribution < 1.29 is 29.5 Å². The number of nitrogens with zero attached hydrogens (tertiary/aromatic N) is 2. The summed E-state index contributed by atoms with van der Waals surface area (Å²) in [4.78, 5) is 24.3. The van der Waals surface area contributed by atoms with Gasteiger partial charge in [-0.1, -0.05) is 5.16 Å². The molecule has 0 rings (SSSR count). The smallest absolute Gasteiger partial charge is 0.408 e. The van der Waals surface area contributed by atoms with Crippen molar-refractivity contribution in [2.75, 3.05) is 6.54 Å². The Kier molecular flexibility index (Phi) is 9.40. The van der Waals surface area contributed by atoms with Crippen LogP contribution in [0.25, 0.3) is 0 Å². The van der Waals surface area contributed by atoms with Crippen LogP contribution in [-0.2, 0) is 14.3 Å². The van der Waals surface area contributed by atoms with Crippen LogP contribution in [0.1, 0.15) is 67.7 Å². The number of alkyl carbamates (subject to hydrolysis) is 1. The SMILES string of the molecule is CC(=NO)N(O)CCCCC(NC(=O)OC(C)(C)C)C(=O)OC(C)(C)C. The van der Waals surface area contributed by atoms with Crippen molar-refractivity contribution in [1.29, 1.82) is 0 Å². The van der Waals surface area contributed by atoms with Gasteiger partial charge in [0, 0.05) is 6.54 Å². The molecule has 26 heavy (non-hydrogen) atoms. The van der Waals surface area contributed by atoms with Gasteiger partial charge in [-0.25, -0.2) is 14.7 Å². The molecule has 0 heterocycles. The van der Waals surface area contributed by atoms with E-state index in [1.54, 1.807) is 41.5 Å². The van der Waals surface area contributed by atoms with E-state index in [9.17, 15) is 14.8 Å². The maximum absolute atomic E-state index is 12.3. The number of amidine groups is 1. The normalized spacial score (nSPS) is 13.8. The van der Waals surface area contributed by atoms with Gasteiger partial charge < -0.3 is 20.0 Å². The zero-order valence-electron chi connectivity index (χ0n) is 16.8. The number of unbranched alkanes of at least 4 members (excludes halogenated alkanes) is 1. The summed E-state index contributed by atoms with van der Waals surface area (Å²) in [5.74, 6) is -0.474. The number of amides is 1. The van der Waals surface area contributed by atoms with E-state index in [0.29, 0.717) is 19.3 Å². The maximum Gasteiger partial charge on any atom is 0.408 e. The summed E-state index contributed by atoms with van der Waals surface area (Å²) in [7, 11) is 0. The first-order chi connectivity index (χ1) is 11.7. The highest BCUT2D eigenvalue weighted by molar-refractivity contribution is 5.81. The molecule has 9 heteroatoms. The lowest BCUT2D eigenvalue weighted by Crippen LogP contribution is -2.46. The largest absolute Gasteiger partial charge is 0.458 e. The van der Waals surface area contributed by atoms with Crippen molar-refractivity contribution in [3.8, 4) is 0 Å². The van der Waals surface area contributed by atoms with E-state index in [2.05, 4.69) is 10.5 Å². The number of rotatable bonds is 7. The lowest BCUT2D eigenvalue weighted by molar-refractivity contribution is -0.157. The summed E-state index contributed by atoms with van der Waals surface area (Å²) in [5, 5.41) is 24.4. The van der Waals surface area contributed by atoms with E-state index in [1.165, 1.54) is 6.92 Å².